The summed E-state index contributed by atoms with van der Waals surface area (Å²) in [6, 6.07) is 14.4. The van der Waals surface area contributed by atoms with E-state index in [1.807, 2.05) is 18.2 Å². The Balaban J connectivity index is 1.69. The molecule has 6 unspecified atom stereocenters. The van der Waals surface area contributed by atoms with E-state index >= 15 is 0 Å². The maximum atomic E-state index is 13.0. The molecule has 3 aliphatic rings. The molecule has 2 aliphatic heterocycles. The van der Waals surface area contributed by atoms with E-state index in [1.54, 1.807) is 0 Å². The third kappa shape index (κ3) is 2.67. The summed E-state index contributed by atoms with van der Waals surface area (Å²) in [6.45, 7) is 0. The van der Waals surface area contributed by atoms with Gasteiger partial charge >= 0.3 is 0 Å². The molecular weight excluding hydrogens is 340 g/mol. The lowest BCUT2D eigenvalue weighted by atomic mass is 9.63. The standard InChI is InChI=1S/C21H24N4O2/c22-21-24-19-18(20(27)25-21)16(17-14(23-19)9-4-10-15(17)26)13-8-3-6-11-5-1-2-7-12(11)13/h1-3,5-8,14,16-19,21,23-24H,4,9-10,22H2,(H,25,27). The Labute approximate surface area is 157 Å². The number of fused-ring (bicyclic) bond motifs is 3. The number of carbonyl (C=O) groups is 2. The molecule has 140 valence electrons. The van der Waals surface area contributed by atoms with Crippen LogP contribution >= 0.6 is 0 Å². The van der Waals surface area contributed by atoms with Gasteiger partial charge in [0, 0.05) is 24.3 Å². The van der Waals surface area contributed by atoms with Crippen LogP contribution in [-0.4, -0.2) is 30.2 Å². The summed E-state index contributed by atoms with van der Waals surface area (Å²) in [6.07, 6.45) is 1.63. The van der Waals surface area contributed by atoms with Crippen molar-refractivity contribution in [1.29, 1.82) is 0 Å². The van der Waals surface area contributed by atoms with E-state index in [2.05, 4.69) is 40.2 Å². The summed E-state index contributed by atoms with van der Waals surface area (Å²) < 4.78 is 0. The number of nitrogens with two attached hydrogens (primary N) is 1. The SMILES string of the molecule is NC1NC(=O)C2C(N1)NC1CCCC(=O)C1C2c1cccc2ccccc12. The van der Waals surface area contributed by atoms with Crippen LogP contribution in [-0.2, 0) is 9.59 Å². The molecule has 0 bridgehead atoms. The van der Waals surface area contributed by atoms with E-state index < -0.39 is 6.29 Å². The van der Waals surface area contributed by atoms with E-state index in [-0.39, 0.29) is 41.7 Å². The molecule has 1 amide bonds. The third-order valence-corrected chi connectivity index (χ3v) is 6.41. The largest absolute Gasteiger partial charge is 0.328 e. The second-order valence-electron chi connectivity index (χ2n) is 7.91. The van der Waals surface area contributed by atoms with Crippen molar-refractivity contribution >= 4 is 22.5 Å². The Kier molecular flexibility index (Phi) is 4.00. The first-order chi connectivity index (χ1) is 13.1. The molecule has 2 aromatic rings. The maximum absolute atomic E-state index is 13.0. The topological polar surface area (TPSA) is 96.2 Å². The van der Waals surface area contributed by atoms with E-state index in [0.717, 1.165) is 29.2 Å². The Bertz CT molecular complexity index is 909. The molecule has 2 aromatic carbocycles. The number of ketones is 1. The molecule has 1 aliphatic carbocycles. The molecule has 27 heavy (non-hydrogen) atoms. The van der Waals surface area contributed by atoms with Crippen LogP contribution in [0.1, 0.15) is 30.7 Å². The van der Waals surface area contributed by atoms with Crippen molar-refractivity contribution in [3.8, 4) is 0 Å². The minimum Gasteiger partial charge on any atom is -0.328 e. The third-order valence-electron chi connectivity index (χ3n) is 6.41. The van der Waals surface area contributed by atoms with Gasteiger partial charge in [0.2, 0.25) is 5.91 Å². The molecular formula is C21H24N4O2. The van der Waals surface area contributed by atoms with Crippen molar-refractivity contribution in [2.75, 3.05) is 0 Å². The molecule has 5 N–H and O–H groups in total. The van der Waals surface area contributed by atoms with Crippen molar-refractivity contribution in [2.24, 2.45) is 17.6 Å². The Morgan fingerprint density at radius 3 is 2.63 bits per heavy atom. The zero-order chi connectivity index (χ0) is 18.5. The molecule has 0 spiro atoms. The smallest absolute Gasteiger partial charge is 0.228 e. The average Bonchev–Trinajstić information content (AvgIpc) is 2.66. The lowest BCUT2D eigenvalue weighted by Crippen LogP contribution is -2.74. The summed E-state index contributed by atoms with van der Waals surface area (Å²) in [5.41, 5.74) is 7.04. The minimum atomic E-state index is -0.574. The van der Waals surface area contributed by atoms with E-state index in [0.29, 0.717) is 6.42 Å². The number of benzene rings is 2. The zero-order valence-electron chi connectivity index (χ0n) is 15.0. The van der Waals surface area contributed by atoms with Gasteiger partial charge in [-0.05, 0) is 29.2 Å². The first-order valence-electron chi connectivity index (χ1n) is 9.72. The molecule has 2 heterocycles. The summed E-state index contributed by atoms with van der Waals surface area (Å²) in [7, 11) is 0. The average molecular weight is 364 g/mol. The Hall–Kier alpha value is -2.28. The fourth-order valence-electron chi connectivity index (χ4n) is 5.35. The molecule has 2 saturated heterocycles. The van der Waals surface area contributed by atoms with E-state index in [1.165, 1.54) is 0 Å². The maximum Gasteiger partial charge on any atom is 0.228 e. The fraction of sp³-hybridized carbons (Fsp3) is 0.429. The highest BCUT2D eigenvalue weighted by atomic mass is 16.2. The van der Waals surface area contributed by atoms with Crippen molar-refractivity contribution in [1.82, 2.24) is 16.0 Å². The highest BCUT2D eigenvalue weighted by molar-refractivity contribution is 5.92. The van der Waals surface area contributed by atoms with Crippen molar-refractivity contribution in [3.63, 3.8) is 0 Å². The Morgan fingerprint density at radius 1 is 0.926 bits per heavy atom. The number of nitrogens with one attached hydrogen (secondary N) is 3. The quantitative estimate of drug-likeness (QED) is 0.609. The number of Topliss-reactive ketones (excluding diaryl/α,β-unsaturated/α-hetero) is 1. The second kappa shape index (κ2) is 6.41. The van der Waals surface area contributed by atoms with Gasteiger partial charge in [-0.15, -0.1) is 0 Å². The summed E-state index contributed by atoms with van der Waals surface area (Å²) in [5.74, 6) is -0.557. The van der Waals surface area contributed by atoms with Gasteiger partial charge in [0.25, 0.3) is 0 Å². The lowest BCUT2D eigenvalue weighted by molar-refractivity contribution is -0.138. The fourth-order valence-corrected chi connectivity index (χ4v) is 5.35. The first-order valence-corrected chi connectivity index (χ1v) is 9.72. The van der Waals surface area contributed by atoms with Crippen molar-refractivity contribution < 1.29 is 9.59 Å². The molecule has 6 atom stereocenters. The monoisotopic (exact) mass is 364 g/mol. The number of hydrogen-bond donors (Lipinski definition) is 4. The number of piperidine rings is 1. The molecule has 6 nitrogen and oxygen atoms in total. The van der Waals surface area contributed by atoms with Gasteiger partial charge < -0.3 is 5.32 Å². The number of carbonyl (C=O) groups excluding carboxylic acids is 2. The Morgan fingerprint density at radius 2 is 1.74 bits per heavy atom. The van der Waals surface area contributed by atoms with E-state index in [4.69, 9.17) is 5.73 Å². The van der Waals surface area contributed by atoms with Gasteiger partial charge in [-0.2, -0.15) is 0 Å². The molecule has 0 aromatic heterocycles. The molecule has 5 rings (SSSR count). The number of hydrogen-bond acceptors (Lipinski definition) is 5. The van der Waals surface area contributed by atoms with Crippen LogP contribution < -0.4 is 21.7 Å². The summed E-state index contributed by atoms with van der Waals surface area (Å²) >= 11 is 0. The lowest BCUT2D eigenvalue weighted by Gasteiger charge is -2.51. The van der Waals surface area contributed by atoms with E-state index in [9.17, 15) is 9.59 Å². The van der Waals surface area contributed by atoms with Gasteiger partial charge in [0.1, 0.15) is 12.1 Å². The number of amides is 1. The van der Waals surface area contributed by atoms with Gasteiger partial charge in [-0.25, -0.2) is 0 Å². The van der Waals surface area contributed by atoms with Gasteiger partial charge in [-0.3, -0.25) is 26.0 Å². The summed E-state index contributed by atoms with van der Waals surface area (Å²) in [4.78, 5) is 25.9. The van der Waals surface area contributed by atoms with Crippen LogP contribution in [0.25, 0.3) is 10.8 Å². The predicted octanol–water partition coefficient (Wildman–Crippen LogP) is 1.17. The second-order valence-corrected chi connectivity index (χ2v) is 7.91. The number of rotatable bonds is 1. The molecule has 3 fully saturated rings. The molecule has 6 heteroatoms. The van der Waals surface area contributed by atoms with Crippen LogP contribution in [0.15, 0.2) is 42.5 Å². The van der Waals surface area contributed by atoms with Gasteiger partial charge in [0.15, 0.2) is 0 Å². The van der Waals surface area contributed by atoms with Crippen LogP contribution in [0.3, 0.4) is 0 Å². The van der Waals surface area contributed by atoms with Crippen LogP contribution in [0.2, 0.25) is 0 Å². The normalized spacial score (nSPS) is 36.0. The molecule has 0 radical (unpaired) electrons. The highest BCUT2D eigenvalue weighted by Gasteiger charge is 2.53. The predicted molar refractivity (Wildman–Crippen MR) is 102 cm³/mol. The van der Waals surface area contributed by atoms with Crippen molar-refractivity contribution in [2.45, 2.75) is 43.7 Å². The highest BCUT2D eigenvalue weighted by Crippen LogP contribution is 2.46. The minimum absolute atomic E-state index is 0.0714. The van der Waals surface area contributed by atoms with Crippen LogP contribution in [0, 0.1) is 11.8 Å². The van der Waals surface area contributed by atoms with Gasteiger partial charge in [0.05, 0.1) is 12.1 Å². The molecule has 1 saturated carbocycles. The van der Waals surface area contributed by atoms with Crippen LogP contribution in [0.5, 0.6) is 0 Å². The summed E-state index contributed by atoms with van der Waals surface area (Å²) in [5, 5.41) is 11.9. The zero-order valence-corrected chi connectivity index (χ0v) is 15.0. The van der Waals surface area contributed by atoms with Crippen LogP contribution in [0.4, 0.5) is 0 Å². The first kappa shape index (κ1) is 16.9. The van der Waals surface area contributed by atoms with Crippen molar-refractivity contribution in [3.05, 3.63) is 48.0 Å². The van der Waals surface area contributed by atoms with Gasteiger partial charge in [-0.1, -0.05) is 42.5 Å².